The van der Waals surface area contributed by atoms with Crippen molar-refractivity contribution in [2.45, 2.75) is 19.4 Å². The molecule has 0 bridgehead atoms. The molecule has 0 amide bonds. The molecule has 1 atom stereocenters. The normalized spacial score (nSPS) is 17.8. The summed E-state index contributed by atoms with van der Waals surface area (Å²) < 4.78 is 1.60. The summed E-state index contributed by atoms with van der Waals surface area (Å²) in [4.78, 5) is 34.2. The first-order valence-electron chi connectivity index (χ1n) is 8.08. The number of anilines is 1. The monoisotopic (exact) mass is 322 g/mol. The standard InChI is InChI=1S/C18H18N4O2/c1-2-21-8-7-19-17(18(21)24)22-10-14(16(23)11-22)13-9-20-15-6-4-3-5-12(13)15/h3-9,14,20H,2,10-11H2,1H3/t14-/m1/s1. The molecule has 4 rings (SSSR count). The van der Waals surface area contributed by atoms with Crippen LogP contribution in [0.2, 0.25) is 0 Å². The highest BCUT2D eigenvalue weighted by molar-refractivity contribution is 5.97. The number of rotatable bonds is 3. The summed E-state index contributed by atoms with van der Waals surface area (Å²) in [6.45, 7) is 3.20. The Morgan fingerprint density at radius 2 is 2.12 bits per heavy atom. The van der Waals surface area contributed by atoms with Gasteiger partial charge in [-0.1, -0.05) is 18.2 Å². The predicted octanol–water partition coefficient (Wildman–Crippen LogP) is 1.92. The van der Waals surface area contributed by atoms with Gasteiger partial charge in [-0.25, -0.2) is 4.98 Å². The topological polar surface area (TPSA) is 71.0 Å². The number of carbonyl (C=O) groups is 1. The third-order valence-corrected chi connectivity index (χ3v) is 4.67. The van der Waals surface area contributed by atoms with Gasteiger partial charge >= 0.3 is 0 Å². The molecule has 2 aromatic heterocycles. The zero-order valence-corrected chi connectivity index (χ0v) is 13.4. The van der Waals surface area contributed by atoms with Gasteiger partial charge in [0, 0.05) is 42.6 Å². The van der Waals surface area contributed by atoms with Crippen LogP contribution in [0.4, 0.5) is 5.82 Å². The highest BCUT2D eigenvalue weighted by Crippen LogP contribution is 2.31. The first-order chi connectivity index (χ1) is 11.7. The van der Waals surface area contributed by atoms with E-state index in [4.69, 9.17) is 0 Å². The number of hydrogen-bond donors (Lipinski definition) is 1. The van der Waals surface area contributed by atoms with E-state index in [1.165, 1.54) is 0 Å². The Balaban J connectivity index is 1.70. The van der Waals surface area contributed by atoms with Gasteiger partial charge in [0.15, 0.2) is 11.6 Å². The summed E-state index contributed by atoms with van der Waals surface area (Å²) in [6, 6.07) is 7.94. The molecule has 0 aliphatic carbocycles. The second-order valence-electron chi connectivity index (χ2n) is 6.03. The van der Waals surface area contributed by atoms with Crippen LogP contribution in [0.5, 0.6) is 0 Å². The third kappa shape index (κ3) is 2.22. The second-order valence-corrected chi connectivity index (χ2v) is 6.03. The van der Waals surface area contributed by atoms with E-state index >= 15 is 0 Å². The Kier molecular flexibility index (Phi) is 3.45. The average Bonchev–Trinajstić information content (AvgIpc) is 3.18. The molecule has 1 fully saturated rings. The number of aromatic nitrogens is 3. The summed E-state index contributed by atoms with van der Waals surface area (Å²) in [6.07, 6.45) is 5.18. The molecule has 6 nitrogen and oxygen atoms in total. The minimum absolute atomic E-state index is 0.118. The molecule has 1 N–H and O–H groups in total. The van der Waals surface area contributed by atoms with Gasteiger partial charge in [0.05, 0.1) is 12.5 Å². The SMILES string of the molecule is CCn1ccnc(N2CC(=O)[C@@H](c3c[nH]c4ccccc34)C2)c1=O. The molecule has 24 heavy (non-hydrogen) atoms. The average molecular weight is 322 g/mol. The zero-order valence-electron chi connectivity index (χ0n) is 13.4. The van der Waals surface area contributed by atoms with Crippen LogP contribution in [-0.4, -0.2) is 33.4 Å². The Morgan fingerprint density at radius 3 is 2.96 bits per heavy atom. The smallest absolute Gasteiger partial charge is 0.293 e. The fraction of sp³-hybridized carbons (Fsp3) is 0.278. The Morgan fingerprint density at radius 1 is 1.29 bits per heavy atom. The lowest BCUT2D eigenvalue weighted by molar-refractivity contribution is -0.117. The van der Waals surface area contributed by atoms with Crippen molar-refractivity contribution in [2.75, 3.05) is 18.0 Å². The largest absolute Gasteiger partial charge is 0.361 e. The Labute approximate surface area is 138 Å². The molecule has 122 valence electrons. The minimum atomic E-state index is -0.238. The van der Waals surface area contributed by atoms with Gasteiger partial charge in [0.2, 0.25) is 0 Å². The number of ketones is 1. The maximum Gasteiger partial charge on any atom is 0.293 e. The van der Waals surface area contributed by atoms with E-state index < -0.39 is 0 Å². The number of nitrogens with one attached hydrogen (secondary N) is 1. The second kappa shape index (κ2) is 5.63. The maximum atomic E-state index is 12.6. The molecular formula is C18H18N4O2. The van der Waals surface area contributed by atoms with Gasteiger partial charge in [-0.3, -0.25) is 9.59 Å². The molecule has 0 spiro atoms. The quantitative estimate of drug-likeness (QED) is 0.800. The van der Waals surface area contributed by atoms with Crippen LogP contribution in [-0.2, 0) is 11.3 Å². The zero-order chi connectivity index (χ0) is 16.7. The van der Waals surface area contributed by atoms with Gasteiger partial charge in [-0.2, -0.15) is 0 Å². The fourth-order valence-corrected chi connectivity index (χ4v) is 3.40. The van der Waals surface area contributed by atoms with Crippen molar-refractivity contribution >= 4 is 22.5 Å². The van der Waals surface area contributed by atoms with Crippen molar-refractivity contribution in [2.24, 2.45) is 0 Å². The molecule has 0 saturated carbocycles. The number of benzene rings is 1. The van der Waals surface area contributed by atoms with Crippen LogP contribution >= 0.6 is 0 Å². The molecule has 1 aliphatic heterocycles. The molecule has 0 radical (unpaired) electrons. The predicted molar refractivity (Wildman–Crippen MR) is 92.4 cm³/mol. The van der Waals surface area contributed by atoms with Crippen LogP contribution in [0.3, 0.4) is 0 Å². The molecule has 1 saturated heterocycles. The van der Waals surface area contributed by atoms with Crippen LogP contribution in [0.25, 0.3) is 10.9 Å². The van der Waals surface area contributed by atoms with Crippen LogP contribution in [0.15, 0.2) is 47.7 Å². The van der Waals surface area contributed by atoms with E-state index in [2.05, 4.69) is 9.97 Å². The van der Waals surface area contributed by atoms with Crippen LogP contribution < -0.4 is 10.5 Å². The van der Waals surface area contributed by atoms with Gasteiger partial charge in [0.1, 0.15) is 0 Å². The number of hydrogen-bond acceptors (Lipinski definition) is 4. The number of carbonyl (C=O) groups excluding carboxylic acids is 1. The molecule has 0 unspecified atom stereocenters. The third-order valence-electron chi connectivity index (χ3n) is 4.67. The van der Waals surface area contributed by atoms with Crippen molar-refractivity contribution in [1.82, 2.24) is 14.5 Å². The van der Waals surface area contributed by atoms with E-state index in [0.717, 1.165) is 16.5 Å². The Hall–Kier alpha value is -2.89. The lowest BCUT2D eigenvalue weighted by atomic mass is 9.97. The van der Waals surface area contributed by atoms with Crippen molar-refractivity contribution < 1.29 is 4.79 Å². The number of nitrogens with zero attached hydrogens (tertiary/aromatic N) is 3. The first-order valence-corrected chi connectivity index (χ1v) is 8.08. The molecule has 6 heteroatoms. The van der Waals surface area contributed by atoms with E-state index in [1.807, 2.05) is 37.4 Å². The van der Waals surface area contributed by atoms with Crippen LogP contribution in [0, 0.1) is 0 Å². The van der Waals surface area contributed by atoms with Crippen molar-refractivity contribution in [3.8, 4) is 0 Å². The summed E-state index contributed by atoms with van der Waals surface area (Å²) in [5.41, 5.74) is 1.86. The molecule has 3 aromatic rings. The number of aryl methyl sites for hydroxylation is 1. The number of para-hydroxylation sites is 1. The van der Waals surface area contributed by atoms with Gasteiger partial charge in [-0.15, -0.1) is 0 Å². The number of Topliss-reactive ketones (excluding diaryl/α,β-unsaturated/α-hetero) is 1. The number of aromatic amines is 1. The summed E-state index contributed by atoms with van der Waals surface area (Å²) in [5.74, 6) is 0.237. The van der Waals surface area contributed by atoms with Gasteiger partial charge in [-0.05, 0) is 18.6 Å². The highest BCUT2D eigenvalue weighted by Gasteiger charge is 2.35. The fourth-order valence-electron chi connectivity index (χ4n) is 3.40. The Bertz CT molecular complexity index is 972. The van der Waals surface area contributed by atoms with E-state index in [1.54, 1.807) is 21.9 Å². The number of H-pyrrole nitrogens is 1. The van der Waals surface area contributed by atoms with Gasteiger partial charge in [0.25, 0.3) is 5.56 Å². The van der Waals surface area contributed by atoms with Gasteiger partial charge < -0.3 is 14.5 Å². The van der Waals surface area contributed by atoms with Crippen LogP contribution in [0.1, 0.15) is 18.4 Å². The van der Waals surface area contributed by atoms with Crippen molar-refractivity contribution in [3.63, 3.8) is 0 Å². The number of fused-ring (bicyclic) bond motifs is 1. The molecule has 3 heterocycles. The van der Waals surface area contributed by atoms with E-state index in [9.17, 15) is 9.59 Å². The highest BCUT2D eigenvalue weighted by atomic mass is 16.1. The molecular weight excluding hydrogens is 304 g/mol. The summed E-state index contributed by atoms with van der Waals surface area (Å²) in [5, 5.41) is 1.06. The maximum absolute atomic E-state index is 12.6. The minimum Gasteiger partial charge on any atom is -0.361 e. The van der Waals surface area contributed by atoms with Crippen molar-refractivity contribution in [3.05, 3.63) is 58.8 Å². The lowest BCUT2D eigenvalue weighted by Crippen LogP contribution is -2.31. The molecule has 1 aromatic carbocycles. The summed E-state index contributed by atoms with van der Waals surface area (Å²) in [7, 11) is 0. The van der Waals surface area contributed by atoms with Crippen molar-refractivity contribution in [1.29, 1.82) is 0 Å². The molecule has 1 aliphatic rings. The lowest BCUT2D eigenvalue weighted by Gasteiger charge is -2.16. The summed E-state index contributed by atoms with van der Waals surface area (Å²) >= 11 is 0. The van der Waals surface area contributed by atoms with E-state index in [0.29, 0.717) is 18.9 Å². The van der Waals surface area contributed by atoms with E-state index in [-0.39, 0.29) is 23.8 Å². The first kappa shape index (κ1) is 14.7.